The molecule has 208 valence electrons. The van der Waals surface area contributed by atoms with E-state index in [-0.39, 0.29) is 16.2 Å². The van der Waals surface area contributed by atoms with Gasteiger partial charge in [0.05, 0.1) is 51.1 Å². The second-order valence-electron chi connectivity index (χ2n) is 12.9. The smallest absolute Gasteiger partial charge is 0.156 e. The van der Waals surface area contributed by atoms with Gasteiger partial charge in [-0.05, 0) is 94.4 Å². The number of hydrogen-bond donors (Lipinski definition) is 1. The Bertz CT molecular complexity index is 1500. The molecule has 4 aliphatic rings. The minimum absolute atomic E-state index is 0.0945. The van der Waals surface area contributed by atoms with Crippen molar-refractivity contribution in [1.29, 1.82) is 0 Å². The molecular formula is C32H38N6OS. The topological polar surface area (TPSA) is 83.4 Å². The number of nitrogens with zero attached hydrogens (tertiary/aromatic N) is 5. The van der Waals surface area contributed by atoms with Crippen LogP contribution in [0.1, 0.15) is 98.7 Å². The van der Waals surface area contributed by atoms with Crippen molar-refractivity contribution < 1.29 is 4.21 Å². The zero-order valence-electron chi connectivity index (χ0n) is 23.7. The van der Waals surface area contributed by atoms with Crippen molar-refractivity contribution in [3.8, 4) is 0 Å². The Balaban J connectivity index is 1.09. The van der Waals surface area contributed by atoms with Crippen LogP contribution in [0.3, 0.4) is 0 Å². The zero-order valence-corrected chi connectivity index (χ0v) is 24.5. The van der Waals surface area contributed by atoms with Gasteiger partial charge in [0.1, 0.15) is 5.69 Å². The fourth-order valence-electron chi connectivity index (χ4n) is 7.20. The van der Waals surface area contributed by atoms with Gasteiger partial charge in [-0.2, -0.15) is 0 Å². The highest BCUT2D eigenvalue weighted by Gasteiger charge is 2.49. The molecule has 1 fully saturated rings. The van der Waals surface area contributed by atoms with Crippen molar-refractivity contribution in [1.82, 2.24) is 19.7 Å². The third kappa shape index (κ3) is 4.40. The lowest BCUT2D eigenvalue weighted by molar-refractivity contribution is 0.140. The second-order valence-corrected chi connectivity index (χ2v) is 14.9. The van der Waals surface area contributed by atoms with Crippen molar-refractivity contribution >= 4 is 22.5 Å². The highest BCUT2D eigenvalue weighted by Crippen LogP contribution is 2.56. The van der Waals surface area contributed by atoms with E-state index in [4.69, 9.17) is 15.0 Å². The molecule has 0 saturated heterocycles. The molecule has 1 saturated carbocycles. The van der Waals surface area contributed by atoms with Crippen molar-refractivity contribution in [2.75, 3.05) is 11.4 Å². The maximum absolute atomic E-state index is 13.2. The van der Waals surface area contributed by atoms with Crippen LogP contribution in [0.2, 0.25) is 0 Å². The van der Waals surface area contributed by atoms with E-state index in [1.807, 2.05) is 39.2 Å². The van der Waals surface area contributed by atoms with Crippen molar-refractivity contribution in [2.24, 2.45) is 10.4 Å². The molecule has 2 aliphatic carbocycles. The van der Waals surface area contributed by atoms with Crippen LogP contribution in [0.5, 0.6) is 0 Å². The van der Waals surface area contributed by atoms with E-state index >= 15 is 0 Å². The van der Waals surface area contributed by atoms with E-state index in [0.717, 1.165) is 85.8 Å². The quantitative estimate of drug-likeness (QED) is 0.457. The van der Waals surface area contributed by atoms with E-state index in [1.54, 1.807) is 0 Å². The first-order valence-electron chi connectivity index (χ1n) is 14.7. The third-order valence-electron chi connectivity index (χ3n) is 9.36. The molecule has 7 nitrogen and oxygen atoms in total. The van der Waals surface area contributed by atoms with E-state index in [0.29, 0.717) is 12.5 Å². The summed E-state index contributed by atoms with van der Waals surface area (Å²) in [4.78, 5) is 21.9. The van der Waals surface area contributed by atoms with Gasteiger partial charge in [0, 0.05) is 24.9 Å². The molecule has 0 bridgehead atoms. The van der Waals surface area contributed by atoms with E-state index < -0.39 is 11.0 Å². The summed E-state index contributed by atoms with van der Waals surface area (Å²) >= 11 is 0. The molecule has 3 aromatic rings. The summed E-state index contributed by atoms with van der Waals surface area (Å²) in [7, 11) is -1.12. The molecule has 2 atom stereocenters. The molecule has 2 aromatic heterocycles. The summed E-state index contributed by atoms with van der Waals surface area (Å²) < 4.78 is 16.5. The fraction of sp³-hybridized carbons (Fsp3) is 0.500. The summed E-state index contributed by atoms with van der Waals surface area (Å²) in [6.07, 6.45) is 11.3. The summed E-state index contributed by atoms with van der Waals surface area (Å²) in [6.45, 7) is 7.66. The zero-order chi connectivity index (χ0) is 27.5. The normalized spacial score (nSPS) is 26.3. The number of aliphatic imine (C=N–C) groups is 1. The average molecular weight is 555 g/mol. The van der Waals surface area contributed by atoms with Crippen LogP contribution in [0.25, 0.3) is 0 Å². The van der Waals surface area contributed by atoms with Gasteiger partial charge in [0.2, 0.25) is 0 Å². The number of aryl methyl sites for hydroxylation is 1. The number of anilines is 1. The predicted octanol–water partition coefficient (Wildman–Crippen LogP) is 5.58. The molecule has 1 unspecified atom stereocenters. The minimum Gasteiger partial charge on any atom is -0.323 e. The highest BCUT2D eigenvalue weighted by molar-refractivity contribution is 7.84. The number of nitrogens with one attached hydrogen (secondary N) is 1. The predicted molar refractivity (Wildman–Crippen MR) is 160 cm³/mol. The molecule has 7 rings (SSSR count). The highest BCUT2D eigenvalue weighted by atomic mass is 32.2. The van der Waals surface area contributed by atoms with E-state index in [9.17, 15) is 4.21 Å². The molecule has 0 radical (unpaired) electrons. The average Bonchev–Trinajstić information content (AvgIpc) is 3.51. The number of rotatable bonds is 3. The first-order valence-corrected chi connectivity index (χ1v) is 15.9. The van der Waals surface area contributed by atoms with Gasteiger partial charge in [0.15, 0.2) is 5.84 Å². The molecule has 1 aromatic carbocycles. The van der Waals surface area contributed by atoms with Gasteiger partial charge >= 0.3 is 0 Å². The van der Waals surface area contributed by atoms with Gasteiger partial charge in [-0.3, -0.25) is 15.0 Å². The minimum atomic E-state index is -1.12. The van der Waals surface area contributed by atoms with Gasteiger partial charge < -0.3 is 4.90 Å². The Morgan fingerprint density at radius 2 is 1.88 bits per heavy atom. The number of hydrogen-bond acceptors (Lipinski definition) is 6. The maximum atomic E-state index is 13.2. The van der Waals surface area contributed by atoms with Gasteiger partial charge in [-0.1, -0.05) is 24.3 Å². The van der Waals surface area contributed by atoms with Crippen molar-refractivity contribution in [3.05, 3.63) is 82.7 Å². The van der Waals surface area contributed by atoms with Crippen molar-refractivity contribution in [2.45, 2.75) is 89.0 Å². The van der Waals surface area contributed by atoms with Gasteiger partial charge in [-0.25, -0.2) is 13.9 Å². The van der Waals surface area contributed by atoms with Crippen LogP contribution in [0.15, 0.2) is 53.8 Å². The number of amidine groups is 1. The second kappa shape index (κ2) is 9.84. The van der Waals surface area contributed by atoms with Crippen LogP contribution < -0.4 is 9.62 Å². The Labute approximate surface area is 239 Å². The van der Waals surface area contributed by atoms with Crippen LogP contribution >= 0.6 is 0 Å². The van der Waals surface area contributed by atoms with Gasteiger partial charge in [0.25, 0.3) is 0 Å². The lowest BCUT2D eigenvalue weighted by Crippen LogP contribution is -2.43. The van der Waals surface area contributed by atoms with Crippen LogP contribution in [0.4, 0.5) is 5.69 Å². The number of pyridine rings is 1. The Kier molecular flexibility index (Phi) is 6.39. The Hall–Kier alpha value is -2.97. The van der Waals surface area contributed by atoms with Crippen LogP contribution in [-0.4, -0.2) is 36.3 Å². The lowest BCUT2D eigenvalue weighted by atomic mass is 9.66. The fourth-order valence-corrected chi connectivity index (χ4v) is 8.15. The number of fused-ring (bicyclic) bond motifs is 3. The SMILES string of the molecule is CC(C)(C)[S@@](=O)NC1c2ccccc2CC12CCC(c1cnc3c(n1)CN=C3N1CCCc3ncccc31)CC2. The molecule has 0 amide bonds. The number of aromatic nitrogens is 3. The first-order chi connectivity index (χ1) is 19.3. The molecule has 2 aliphatic heterocycles. The largest absolute Gasteiger partial charge is 0.323 e. The monoisotopic (exact) mass is 554 g/mol. The molecule has 1 N–H and O–H groups in total. The van der Waals surface area contributed by atoms with E-state index in [1.165, 1.54) is 11.1 Å². The Morgan fingerprint density at radius 3 is 2.70 bits per heavy atom. The molecular weight excluding hydrogens is 516 g/mol. The van der Waals surface area contributed by atoms with Crippen LogP contribution in [0, 0.1) is 5.41 Å². The Morgan fingerprint density at radius 1 is 1.05 bits per heavy atom. The summed E-state index contributed by atoms with van der Waals surface area (Å²) in [5, 5.41) is 0. The van der Waals surface area contributed by atoms with Gasteiger partial charge in [-0.15, -0.1) is 0 Å². The summed E-state index contributed by atoms with van der Waals surface area (Å²) in [5.41, 5.74) is 8.14. The molecule has 4 heterocycles. The van der Waals surface area contributed by atoms with Crippen LogP contribution in [-0.2, 0) is 30.4 Å². The van der Waals surface area contributed by atoms with E-state index in [2.05, 4.69) is 44.9 Å². The van der Waals surface area contributed by atoms with Crippen molar-refractivity contribution in [3.63, 3.8) is 0 Å². The standard InChI is InChI=1S/C32H38N6OS/c1-31(2,3)40(39)37-29-23-9-5-4-8-22(23)18-32(29)14-12-21(13-15-32)25-19-34-28-26(36-25)20-35-30(28)38-17-7-10-24-27(38)11-6-16-33-24/h4-6,8-9,11,16,19,21,29,37H,7,10,12-15,17-18,20H2,1-3H3/t21?,29?,32?,40-/m1/s1. The third-order valence-corrected chi connectivity index (χ3v) is 10.9. The number of benzene rings is 1. The lowest BCUT2D eigenvalue weighted by Gasteiger charge is -2.42. The molecule has 8 heteroatoms. The maximum Gasteiger partial charge on any atom is 0.156 e. The first kappa shape index (κ1) is 26.0. The summed E-state index contributed by atoms with van der Waals surface area (Å²) in [5.74, 6) is 1.33. The summed E-state index contributed by atoms with van der Waals surface area (Å²) in [6, 6.07) is 13.0. The molecule has 40 heavy (non-hydrogen) atoms. The molecule has 1 spiro atoms.